The summed E-state index contributed by atoms with van der Waals surface area (Å²) in [5.74, 6) is -0.712. The van der Waals surface area contributed by atoms with E-state index < -0.39 is 43.3 Å². The Kier molecular flexibility index (Phi) is 4.00. The molecule has 0 radical (unpaired) electrons. The molecule has 0 aromatic heterocycles. The first-order chi connectivity index (χ1) is 6.97. The molecule has 1 aliphatic rings. The van der Waals surface area contributed by atoms with Crippen LogP contribution in [0, 0.1) is 0 Å². The van der Waals surface area contributed by atoms with Crippen molar-refractivity contribution in [3.8, 4) is 0 Å². The van der Waals surface area contributed by atoms with Gasteiger partial charge >= 0.3 is 5.97 Å². The van der Waals surface area contributed by atoms with Crippen LogP contribution in [-0.4, -0.2) is 63.7 Å². The summed E-state index contributed by atoms with van der Waals surface area (Å²) >= 11 is 0. The largest absolute Gasteiger partial charge is 0.454 e. The summed E-state index contributed by atoms with van der Waals surface area (Å²) in [6, 6.07) is 0. The molecule has 7 nitrogen and oxygen atoms in total. The molecule has 1 fully saturated rings. The number of rotatable bonds is 2. The third-order valence-corrected chi connectivity index (χ3v) is 2.14. The van der Waals surface area contributed by atoms with E-state index in [4.69, 9.17) is 9.84 Å². The van der Waals surface area contributed by atoms with Gasteiger partial charge in [-0.3, -0.25) is 4.79 Å². The van der Waals surface area contributed by atoms with Crippen molar-refractivity contribution in [3.63, 3.8) is 0 Å². The van der Waals surface area contributed by atoms with E-state index in [0.29, 0.717) is 0 Å². The fourth-order valence-electron chi connectivity index (χ4n) is 1.39. The molecule has 15 heavy (non-hydrogen) atoms. The van der Waals surface area contributed by atoms with Crippen LogP contribution in [0.3, 0.4) is 0 Å². The van der Waals surface area contributed by atoms with Crippen LogP contribution in [0.15, 0.2) is 0 Å². The average Bonchev–Trinajstić information content (AvgIpc) is 2.18. The average molecular weight is 222 g/mol. The quantitative estimate of drug-likeness (QED) is 0.377. The van der Waals surface area contributed by atoms with Gasteiger partial charge in [-0.1, -0.05) is 0 Å². The van der Waals surface area contributed by atoms with Crippen LogP contribution in [0.2, 0.25) is 0 Å². The molecule has 0 aromatic carbocycles. The van der Waals surface area contributed by atoms with Gasteiger partial charge in [0.05, 0.1) is 6.61 Å². The van der Waals surface area contributed by atoms with Gasteiger partial charge in [-0.2, -0.15) is 0 Å². The normalized spacial score (nSPS) is 41.3. The van der Waals surface area contributed by atoms with Crippen molar-refractivity contribution in [1.29, 1.82) is 0 Å². The number of ether oxygens (including phenoxy) is 2. The van der Waals surface area contributed by atoms with E-state index in [2.05, 4.69) is 4.74 Å². The van der Waals surface area contributed by atoms with Gasteiger partial charge < -0.3 is 29.9 Å². The van der Waals surface area contributed by atoms with Crippen LogP contribution >= 0.6 is 0 Å². The number of carbonyl (C=O) groups excluding carboxylic acids is 1. The van der Waals surface area contributed by atoms with Gasteiger partial charge in [0.15, 0.2) is 12.4 Å². The third-order valence-electron chi connectivity index (χ3n) is 2.14. The lowest BCUT2D eigenvalue weighted by Crippen LogP contribution is -2.59. The number of hydrogen-bond acceptors (Lipinski definition) is 7. The molecule has 0 bridgehead atoms. The number of aliphatic hydroxyl groups is 4. The van der Waals surface area contributed by atoms with Gasteiger partial charge in [0.2, 0.25) is 0 Å². The predicted molar refractivity (Wildman–Crippen MR) is 45.5 cm³/mol. The van der Waals surface area contributed by atoms with Crippen LogP contribution in [0.4, 0.5) is 0 Å². The summed E-state index contributed by atoms with van der Waals surface area (Å²) in [5.41, 5.74) is 0. The minimum absolute atomic E-state index is 0.553. The molecule has 1 aliphatic heterocycles. The van der Waals surface area contributed by atoms with E-state index in [9.17, 15) is 20.1 Å². The Bertz CT molecular complexity index is 231. The van der Waals surface area contributed by atoms with Crippen molar-refractivity contribution >= 4 is 5.97 Å². The molecule has 0 unspecified atom stereocenters. The van der Waals surface area contributed by atoms with Crippen molar-refractivity contribution in [2.45, 2.75) is 37.6 Å². The lowest BCUT2D eigenvalue weighted by Gasteiger charge is -2.39. The molecular weight excluding hydrogens is 208 g/mol. The number of hydrogen-bond donors (Lipinski definition) is 4. The van der Waals surface area contributed by atoms with Crippen LogP contribution in [0.25, 0.3) is 0 Å². The molecule has 0 aliphatic carbocycles. The molecule has 1 rings (SSSR count). The second kappa shape index (κ2) is 4.86. The van der Waals surface area contributed by atoms with Crippen molar-refractivity contribution in [2.24, 2.45) is 0 Å². The summed E-state index contributed by atoms with van der Waals surface area (Å²) < 4.78 is 9.32. The van der Waals surface area contributed by atoms with Crippen LogP contribution in [-0.2, 0) is 14.3 Å². The van der Waals surface area contributed by atoms with E-state index >= 15 is 0 Å². The van der Waals surface area contributed by atoms with Gasteiger partial charge in [0, 0.05) is 6.92 Å². The Labute approximate surface area is 85.9 Å². The maximum absolute atomic E-state index is 10.6. The molecule has 0 saturated carbocycles. The highest BCUT2D eigenvalue weighted by molar-refractivity contribution is 5.66. The van der Waals surface area contributed by atoms with Gasteiger partial charge in [0.25, 0.3) is 0 Å². The topological polar surface area (TPSA) is 116 Å². The molecular formula is C8H14O7. The van der Waals surface area contributed by atoms with Crippen LogP contribution in [0.1, 0.15) is 6.92 Å². The zero-order chi connectivity index (χ0) is 11.6. The summed E-state index contributed by atoms with van der Waals surface area (Å²) in [7, 11) is 0. The van der Waals surface area contributed by atoms with Crippen LogP contribution in [0.5, 0.6) is 0 Å². The smallest absolute Gasteiger partial charge is 0.303 e. The minimum atomic E-state index is -1.57. The summed E-state index contributed by atoms with van der Waals surface area (Å²) in [6.45, 7) is 0.548. The number of aliphatic hydroxyl groups excluding tert-OH is 4. The molecule has 0 aromatic rings. The fourth-order valence-corrected chi connectivity index (χ4v) is 1.39. The Morgan fingerprint density at radius 3 is 2.40 bits per heavy atom. The van der Waals surface area contributed by atoms with Gasteiger partial charge in [-0.05, 0) is 0 Å². The zero-order valence-electron chi connectivity index (χ0n) is 8.11. The van der Waals surface area contributed by atoms with Crippen LogP contribution < -0.4 is 0 Å². The summed E-state index contributed by atoms with van der Waals surface area (Å²) in [4.78, 5) is 10.6. The molecule has 88 valence electrons. The predicted octanol–water partition coefficient (Wildman–Crippen LogP) is -2.65. The summed E-state index contributed by atoms with van der Waals surface area (Å²) in [5, 5.41) is 37.0. The Balaban J connectivity index is 2.70. The second-order valence-corrected chi connectivity index (χ2v) is 3.30. The fraction of sp³-hybridized carbons (Fsp3) is 0.875. The lowest BCUT2D eigenvalue weighted by atomic mass is 9.99. The standard InChI is InChI=1S/C8H14O7/c1-3(10)14-7-6(12)5(11)4(2-9)15-8(7)13/h4-9,11-13H,2H2,1H3/t4-,5-,6+,7+,8+/m1/s1. The molecule has 4 N–H and O–H groups in total. The first-order valence-electron chi connectivity index (χ1n) is 4.45. The van der Waals surface area contributed by atoms with Crippen molar-refractivity contribution in [2.75, 3.05) is 6.61 Å². The van der Waals surface area contributed by atoms with E-state index in [1.165, 1.54) is 0 Å². The van der Waals surface area contributed by atoms with Gasteiger partial charge in [-0.15, -0.1) is 0 Å². The first-order valence-corrected chi connectivity index (χ1v) is 4.45. The van der Waals surface area contributed by atoms with Gasteiger partial charge in [0.1, 0.15) is 18.3 Å². The Morgan fingerprint density at radius 1 is 1.33 bits per heavy atom. The zero-order valence-corrected chi connectivity index (χ0v) is 8.11. The molecule has 1 heterocycles. The van der Waals surface area contributed by atoms with Crippen molar-refractivity contribution < 1.29 is 34.7 Å². The van der Waals surface area contributed by atoms with E-state index in [-0.39, 0.29) is 0 Å². The van der Waals surface area contributed by atoms with Crippen molar-refractivity contribution in [1.82, 2.24) is 0 Å². The Hall–Kier alpha value is -0.730. The van der Waals surface area contributed by atoms with Crippen molar-refractivity contribution in [3.05, 3.63) is 0 Å². The SMILES string of the molecule is CC(=O)O[C@H]1[C@@H](O)[C@H](O)[C@@H](CO)O[C@@H]1O. The Morgan fingerprint density at radius 2 is 1.93 bits per heavy atom. The van der Waals surface area contributed by atoms with E-state index in [1.54, 1.807) is 0 Å². The molecule has 0 amide bonds. The van der Waals surface area contributed by atoms with E-state index in [1.807, 2.05) is 0 Å². The second-order valence-electron chi connectivity index (χ2n) is 3.30. The molecule has 0 spiro atoms. The minimum Gasteiger partial charge on any atom is -0.454 e. The summed E-state index contributed by atoms with van der Waals surface area (Å²) in [6.07, 6.45) is -6.91. The third kappa shape index (κ3) is 2.64. The molecule has 5 atom stereocenters. The molecule has 7 heteroatoms. The number of carbonyl (C=O) groups is 1. The maximum atomic E-state index is 10.6. The monoisotopic (exact) mass is 222 g/mol. The highest BCUT2D eigenvalue weighted by Gasteiger charge is 2.45. The van der Waals surface area contributed by atoms with Gasteiger partial charge in [-0.25, -0.2) is 0 Å². The molecule has 1 saturated heterocycles. The lowest BCUT2D eigenvalue weighted by molar-refractivity contribution is -0.290. The highest BCUT2D eigenvalue weighted by Crippen LogP contribution is 2.22. The highest BCUT2D eigenvalue weighted by atomic mass is 16.7. The number of esters is 1. The van der Waals surface area contributed by atoms with E-state index in [0.717, 1.165) is 6.92 Å². The first kappa shape index (κ1) is 12.3. The maximum Gasteiger partial charge on any atom is 0.303 e.